The summed E-state index contributed by atoms with van der Waals surface area (Å²) < 4.78 is 66.5. The van der Waals surface area contributed by atoms with E-state index in [1.54, 1.807) is 13.8 Å². The van der Waals surface area contributed by atoms with E-state index in [0.29, 0.717) is 0 Å². The highest BCUT2D eigenvalue weighted by molar-refractivity contribution is 7.55. The minimum absolute atomic E-state index is 0.0644. The smallest absolute Gasteiger partial charge is 0.451 e. The standard InChI is InChI=1S/C14H27F2O6PSi/c1-6-18-23(17,19-7-2)14(15,16)12-11-13-24(20-8-3,21-9-4)22-10-5/h3H,6-7,9-13H2,1-2,4-5H3. The van der Waals surface area contributed by atoms with Gasteiger partial charge in [-0.1, -0.05) is 6.42 Å². The maximum atomic E-state index is 14.3. The van der Waals surface area contributed by atoms with Crippen LogP contribution in [0.25, 0.3) is 0 Å². The Hall–Kier alpha value is -0.493. The van der Waals surface area contributed by atoms with Gasteiger partial charge in [-0.3, -0.25) is 4.57 Å². The van der Waals surface area contributed by atoms with Crippen LogP contribution in [0.3, 0.4) is 0 Å². The Morgan fingerprint density at radius 1 is 1.04 bits per heavy atom. The van der Waals surface area contributed by atoms with Crippen molar-refractivity contribution in [3.8, 4) is 12.5 Å². The van der Waals surface area contributed by atoms with Crippen molar-refractivity contribution in [3.63, 3.8) is 0 Å². The van der Waals surface area contributed by atoms with Crippen molar-refractivity contribution in [1.29, 1.82) is 0 Å². The Balaban J connectivity index is 4.99. The summed E-state index contributed by atoms with van der Waals surface area (Å²) in [5.74, 6) is 0. The fourth-order valence-corrected chi connectivity index (χ4v) is 5.87. The van der Waals surface area contributed by atoms with Gasteiger partial charge in [0.15, 0.2) is 0 Å². The highest BCUT2D eigenvalue weighted by Crippen LogP contribution is 2.63. The summed E-state index contributed by atoms with van der Waals surface area (Å²) in [6.45, 7) is 6.70. The molecule has 0 radical (unpaired) electrons. The van der Waals surface area contributed by atoms with Crippen LogP contribution < -0.4 is 0 Å². The summed E-state index contributed by atoms with van der Waals surface area (Å²) in [6, 6.07) is 0.0761. The Bertz CT molecular complexity index is 427. The molecular formula is C14H27F2O6PSi. The molecule has 0 heterocycles. The molecule has 10 heteroatoms. The fourth-order valence-electron chi connectivity index (χ4n) is 2.05. The minimum atomic E-state index is -4.53. The fraction of sp³-hybridized carbons (Fsp3) is 0.857. The zero-order chi connectivity index (χ0) is 18.7. The summed E-state index contributed by atoms with van der Waals surface area (Å²) in [4.78, 5) is 0. The van der Waals surface area contributed by atoms with Crippen LogP contribution in [0.2, 0.25) is 6.04 Å². The van der Waals surface area contributed by atoms with Gasteiger partial charge in [-0.25, -0.2) is 0 Å². The van der Waals surface area contributed by atoms with E-state index >= 15 is 0 Å². The lowest BCUT2D eigenvalue weighted by molar-refractivity contribution is 0.0291. The topological polar surface area (TPSA) is 63.2 Å². The Morgan fingerprint density at radius 2 is 1.54 bits per heavy atom. The quantitative estimate of drug-likeness (QED) is 0.252. The second-order valence-corrected chi connectivity index (χ2v) is 9.43. The zero-order valence-electron chi connectivity index (χ0n) is 14.7. The summed E-state index contributed by atoms with van der Waals surface area (Å²) in [6.07, 6.45) is 6.39. The molecule has 0 rings (SSSR count). The molecule has 0 bridgehead atoms. The van der Waals surface area contributed by atoms with Gasteiger partial charge < -0.3 is 22.3 Å². The van der Waals surface area contributed by atoms with Gasteiger partial charge in [-0.05, 0) is 34.1 Å². The molecule has 0 aliphatic carbocycles. The third-order valence-electron chi connectivity index (χ3n) is 2.90. The van der Waals surface area contributed by atoms with Crippen LogP contribution in [-0.2, 0) is 26.9 Å². The molecule has 142 valence electrons. The predicted octanol–water partition coefficient (Wildman–Crippen LogP) is 4.24. The number of rotatable bonds is 14. The lowest BCUT2D eigenvalue weighted by atomic mass is 10.3. The van der Waals surface area contributed by atoms with Gasteiger partial charge in [0.25, 0.3) is 0 Å². The van der Waals surface area contributed by atoms with Crippen LogP contribution in [0.5, 0.6) is 0 Å². The summed E-state index contributed by atoms with van der Waals surface area (Å²) >= 11 is 0. The van der Waals surface area contributed by atoms with E-state index in [1.807, 2.05) is 6.11 Å². The lowest BCUT2D eigenvalue weighted by Crippen LogP contribution is -2.44. The maximum absolute atomic E-state index is 14.3. The van der Waals surface area contributed by atoms with Gasteiger partial charge >= 0.3 is 22.1 Å². The van der Waals surface area contributed by atoms with Crippen LogP contribution in [0.1, 0.15) is 40.5 Å². The van der Waals surface area contributed by atoms with Crippen molar-refractivity contribution in [2.75, 3.05) is 26.4 Å². The van der Waals surface area contributed by atoms with Crippen LogP contribution in [-0.4, -0.2) is 40.9 Å². The number of hydrogen-bond acceptors (Lipinski definition) is 6. The summed E-state index contributed by atoms with van der Waals surface area (Å²) in [5, 5.41) is 0. The number of alkyl halides is 2. The second-order valence-electron chi connectivity index (χ2n) is 4.62. The molecule has 0 aromatic carbocycles. The molecule has 24 heavy (non-hydrogen) atoms. The number of terminal acetylenes is 1. The van der Waals surface area contributed by atoms with Crippen molar-refractivity contribution in [2.45, 2.75) is 52.2 Å². The molecule has 0 aliphatic heterocycles. The molecule has 0 fully saturated rings. The van der Waals surface area contributed by atoms with Gasteiger partial charge in [0.2, 0.25) is 0 Å². The summed E-state index contributed by atoms with van der Waals surface area (Å²) in [7, 11) is -7.76. The van der Waals surface area contributed by atoms with Crippen molar-refractivity contribution in [1.82, 2.24) is 0 Å². The van der Waals surface area contributed by atoms with E-state index in [1.165, 1.54) is 13.8 Å². The summed E-state index contributed by atoms with van der Waals surface area (Å²) in [5.41, 5.74) is -3.62. The molecule has 0 atom stereocenters. The van der Waals surface area contributed by atoms with Gasteiger partial charge in [-0.15, -0.1) is 0 Å². The predicted molar refractivity (Wildman–Crippen MR) is 88.8 cm³/mol. The Morgan fingerprint density at radius 3 is 1.92 bits per heavy atom. The molecule has 0 spiro atoms. The third kappa shape index (κ3) is 6.79. The average molecular weight is 388 g/mol. The van der Waals surface area contributed by atoms with E-state index in [4.69, 9.17) is 28.7 Å². The second kappa shape index (κ2) is 11.2. The van der Waals surface area contributed by atoms with Gasteiger partial charge in [0.1, 0.15) is 0 Å². The molecule has 0 N–H and O–H groups in total. The van der Waals surface area contributed by atoms with Gasteiger partial charge in [0.05, 0.1) is 19.3 Å². The first kappa shape index (κ1) is 23.5. The highest BCUT2D eigenvalue weighted by atomic mass is 31.2. The maximum Gasteiger partial charge on any atom is 0.574 e. The Labute approximate surface area is 144 Å². The van der Waals surface area contributed by atoms with Crippen LogP contribution in [0, 0.1) is 12.5 Å². The monoisotopic (exact) mass is 388 g/mol. The van der Waals surface area contributed by atoms with E-state index in [0.717, 1.165) is 0 Å². The van der Waals surface area contributed by atoms with Crippen molar-refractivity contribution in [3.05, 3.63) is 0 Å². The molecule has 0 aliphatic rings. The third-order valence-corrected chi connectivity index (χ3v) is 7.98. The highest BCUT2D eigenvalue weighted by Gasteiger charge is 2.53. The van der Waals surface area contributed by atoms with Crippen LogP contribution in [0.15, 0.2) is 0 Å². The van der Waals surface area contributed by atoms with E-state index < -0.39 is 28.5 Å². The largest absolute Gasteiger partial charge is 0.574 e. The number of halogens is 2. The van der Waals surface area contributed by atoms with Crippen molar-refractivity contribution < 1.29 is 35.7 Å². The van der Waals surface area contributed by atoms with E-state index in [9.17, 15) is 13.3 Å². The van der Waals surface area contributed by atoms with Crippen molar-refractivity contribution in [2.24, 2.45) is 0 Å². The molecular weight excluding hydrogens is 361 g/mol. The first-order valence-electron chi connectivity index (χ1n) is 7.94. The van der Waals surface area contributed by atoms with E-state index in [2.05, 4.69) is 0 Å². The molecule has 6 nitrogen and oxygen atoms in total. The van der Waals surface area contributed by atoms with Gasteiger partial charge in [-0.2, -0.15) is 8.78 Å². The minimum Gasteiger partial charge on any atom is -0.451 e. The van der Waals surface area contributed by atoms with E-state index in [-0.39, 0.29) is 38.9 Å². The average Bonchev–Trinajstić information content (AvgIpc) is 2.48. The molecule has 0 saturated heterocycles. The molecule has 0 amide bonds. The number of hydrogen-bond donors (Lipinski definition) is 0. The lowest BCUT2D eigenvalue weighted by Gasteiger charge is -2.28. The SMILES string of the molecule is C#CO[Si](CCCC(F)(F)P(=O)(OCC)OCC)(OCC)OCC. The molecule has 0 unspecified atom stereocenters. The van der Waals surface area contributed by atoms with Crippen LogP contribution in [0.4, 0.5) is 8.78 Å². The first-order chi connectivity index (χ1) is 11.3. The molecule has 0 aromatic rings. The first-order valence-corrected chi connectivity index (χ1v) is 11.4. The normalized spacial score (nSPS) is 12.9. The van der Waals surface area contributed by atoms with Gasteiger partial charge in [0, 0.05) is 25.7 Å². The van der Waals surface area contributed by atoms with Crippen molar-refractivity contribution >= 4 is 16.4 Å². The molecule has 0 saturated carbocycles. The Kier molecular flexibility index (Phi) is 11.0. The van der Waals surface area contributed by atoms with Crippen LogP contribution >= 0.6 is 7.60 Å². The molecule has 0 aromatic heterocycles. The zero-order valence-corrected chi connectivity index (χ0v) is 16.6.